The van der Waals surface area contributed by atoms with Crippen LogP contribution in [-0.4, -0.2) is 33.9 Å². The van der Waals surface area contributed by atoms with Gasteiger partial charge in [-0.3, -0.25) is 4.68 Å². The van der Waals surface area contributed by atoms with Crippen molar-refractivity contribution >= 4 is 11.8 Å². The minimum atomic E-state index is 0.684. The minimum absolute atomic E-state index is 0.684. The van der Waals surface area contributed by atoms with Gasteiger partial charge in [-0.1, -0.05) is 6.92 Å². The molecule has 1 aliphatic rings. The van der Waals surface area contributed by atoms with E-state index in [4.69, 9.17) is 0 Å². The molecule has 0 amide bonds. The molecule has 114 valence electrons. The quantitative estimate of drug-likeness (QED) is 0.798. The molecule has 0 saturated carbocycles. The van der Waals surface area contributed by atoms with Crippen LogP contribution in [0.25, 0.3) is 0 Å². The average Bonchev–Trinajstić information content (AvgIpc) is 2.88. The van der Waals surface area contributed by atoms with Crippen molar-refractivity contribution in [2.45, 2.75) is 51.5 Å². The van der Waals surface area contributed by atoms with E-state index in [1.165, 1.54) is 49.2 Å². The first kappa shape index (κ1) is 15.9. The van der Waals surface area contributed by atoms with Gasteiger partial charge in [0.2, 0.25) is 0 Å². The number of rotatable bonds is 8. The summed E-state index contributed by atoms with van der Waals surface area (Å²) < 4.78 is 1.90. The van der Waals surface area contributed by atoms with Crippen molar-refractivity contribution in [2.75, 3.05) is 18.1 Å². The molecule has 0 radical (unpaired) electrons. The van der Waals surface area contributed by atoms with Crippen molar-refractivity contribution < 1.29 is 0 Å². The molecular formula is C16H29N3S. The number of thioether (sulfide) groups is 1. The molecule has 2 heterocycles. The first-order valence-electron chi connectivity index (χ1n) is 8.06. The highest BCUT2D eigenvalue weighted by molar-refractivity contribution is 7.99. The van der Waals surface area contributed by atoms with E-state index < -0.39 is 0 Å². The van der Waals surface area contributed by atoms with E-state index in [-0.39, 0.29) is 0 Å². The molecule has 3 nitrogen and oxygen atoms in total. The van der Waals surface area contributed by atoms with Crippen molar-refractivity contribution in [3.63, 3.8) is 0 Å². The predicted octanol–water partition coefficient (Wildman–Crippen LogP) is 3.25. The van der Waals surface area contributed by atoms with Crippen LogP contribution < -0.4 is 5.32 Å². The summed E-state index contributed by atoms with van der Waals surface area (Å²) in [5.74, 6) is 3.68. The molecule has 1 aromatic heterocycles. The van der Waals surface area contributed by atoms with Crippen molar-refractivity contribution in [3.05, 3.63) is 18.0 Å². The Hall–Kier alpha value is -0.480. The standard InChI is InChI=1S/C16H29N3S/c1-3-8-17-16(11-14-6-9-20-10-7-14)5-4-15-12-18-19(2)13-15/h12-14,16-17H,3-11H2,1-2H3. The molecular weight excluding hydrogens is 266 g/mol. The molecule has 0 bridgehead atoms. The first-order valence-corrected chi connectivity index (χ1v) is 9.22. The van der Waals surface area contributed by atoms with Gasteiger partial charge in [-0.2, -0.15) is 16.9 Å². The summed E-state index contributed by atoms with van der Waals surface area (Å²) in [5.41, 5.74) is 1.37. The third kappa shape index (κ3) is 5.49. The summed E-state index contributed by atoms with van der Waals surface area (Å²) in [7, 11) is 2.00. The highest BCUT2D eigenvalue weighted by atomic mass is 32.2. The SMILES string of the molecule is CCCNC(CCc1cnn(C)c1)CC1CCSCC1. The topological polar surface area (TPSA) is 29.9 Å². The van der Waals surface area contributed by atoms with Crippen LogP contribution in [0.3, 0.4) is 0 Å². The minimum Gasteiger partial charge on any atom is -0.314 e. The fourth-order valence-electron chi connectivity index (χ4n) is 2.98. The zero-order valence-electron chi connectivity index (χ0n) is 13.0. The highest BCUT2D eigenvalue weighted by Gasteiger charge is 2.18. The van der Waals surface area contributed by atoms with E-state index in [2.05, 4.69) is 35.3 Å². The molecule has 1 saturated heterocycles. The average molecular weight is 295 g/mol. The Morgan fingerprint density at radius 2 is 2.25 bits per heavy atom. The number of hydrogen-bond acceptors (Lipinski definition) is 3. The second-order valence-electron chi connectivity index (χ2n) is 6.00. The first-order chi connectivity index (χ1) is 9.78. The van der Waals surface area contributed by atoms with E-state index in [0.717, 1.165) is 18.9 Å². The van der Waals surface area contributed by atoms with Gasteiger partial charge in [-0.25, -0.2) is 0 Å². The number of hydrogen-bond donors (Lipinski definition) is 1. The maximum absolute atomic E-state index is 4.27. The van der Waals surface area contributed by atoms with E-state index in [1.807, 2.05) is 17.9 Å². The van der Waals surface area contributed by atoms with Gasteiger partial charge in [0.25, 0.3) is 0 Å². The van der Waals surface area contributed by atoms with Crippen LogP contribution >= 0.6 is 11.8 Å². The maximum Gasteiger partial charge on any atom is 0.0521 e. The molecule has 0 aromatic carbocycles. The van der Waals surface area contributed by atoms with E-state index >= 15 is 0 Å². The molecule has 1 fully saturated rings. The molecule has 1 atom stereocenters. The maximum atomic E-state index is 4.27. The number of aryl methyl sites for hydroxylation is 2. The summed E-state index contributed by atoms with van der Waals surface area (Å²) in [4.78, 5) is 0. The molecule has 20 heavy (non-hydrogen) atoms. The van der Waals surface area contributed by atoms with Crippen LogP contribution in [0.15, 0.2) is 12.4 Å². The van der Waals surface area contributed by atoms with Crippen LogP contribution in [0.5, 0.6) is 0 Å². The van der Waals surface area contributed by atoms with Crippen LogP contribution in [0.1, 0.15) is 44.6 Å². The monoisotopic (exact) mass is 295 g/mol. The Balaban J connectivity index is 1.79. The summed E-state index contributed by atoms with van der Waals surface area (Å²) in [5, 5.41) is 8.03. The second-order valence-corrected chi connectivity index (χ2v) is 7.23. The van der Waals surface area contributed by atoms with Gasteiger partial charge in [0.1, 0.15) is 0 Å². The lowest BCUT2D eigenvalue weighted by molar-refractivity contribution is 0.351. The molecule has 1 aromatic rings. The van der Waals surface area contributed by atoms with Crippen LogP contribution in [0, 0.1) is 5.92 Å². The van der Waals surface area contributed by atoms with Gasteiger partial charge in [-0.05, 0) is 68.1 Å². The fourth-order valence-corrected chi connectivity index (χ4v) is 4.18. The van der Waals surface area contributed by atoms with Crippen molar-refractivity contribution in [1.29, 1.82) is 0 Å². The summed E-state index contributed by atoms with van der Waals surface area (Å²) in [6.07, 6.45) is 12.0. The van der Waals surface area contributed by atoms with E-state index in [0.29, 0.717) is 6.04 Å². The van der Waals surface area contributed by atoms with Gasteiger partial charge in [-0.15, -0.1) is 0 Å². The normalized spacial score (nSPS) is 18.3. The molecule has 1 unspecified atom stereocenters. The summed E-state index contributed by atoms with van der Waals surface area (Å²) >= 11 is 2.13. The predicted molar refractivity (Wildman–Crippen MR) is 88.3 cm³/mol. The van der Waals surface area contributed by atoms with Crippen LogP contribution in [0.2, 0.25) is 0 Å². The summed E-state index contributed by atoms with van der Waals surface area (Å²) in [6, 6.07) is 0.684. The highest BCUT2D eigenvalue weighted by Crippen LogP contribution is 2.27. The Morgan fingerprint density at radius 3 is 2.90 bits per heavy atom. The molecule has 2 rings (SSSR count). The molecule has 0 spiro atoms. The molecule has 1 N–H and O–H groups in total. The Bertz CT molecular complexity index is 372. The Labute approximate surface area is 127 Å². The van der Waals surface area contributed by atoms with Gasteiger partial charge in [0.15, 0.2) is 0 Å². The molecule has 0 aliphatic carbocycles. The lowest BCUT2D eigenvalue weighted by Crippen LogP contribution is -2.33. The lowest BCUT2D eigenvalue weighted by Gasteiger charge is -2.27. The second kappa shape index (κ2) is 8.73. The number of nitrogens with one attached hydrogen (secondary N) is 1. The zero-order chi connectivity index (χ0) is 14.2. The number of nitrogens with zero attached hydrogens (tertiary/aromatic N) is 2. The van der Waals surface area contributed by atoms with E-state index in [1.54, 1.807) is 0 Å². The third-order valence-corrected chi connectivity index (χ3v) is 5.23. The van der Waals surface area contributed by atoms with Crippen molar-refractivity contribution in [3.8, 4) is 0 Å². The summed E-state index contributed by atoms with van der Waals surface area (Å²) in [6.45, 7) is 3.40. The van der Waals surface area contributed by atoms with Crippen LogP contribution in [0.4, 0.5) is 0 Å². The smallest absolute Gasteiger partial charge is 0.0521 e. The largest absolute Gasteiger partial charge is 0.314 e. The molecule has 1 aliphatic heterocycles. The fraction of sp³-hybridized carbons (Fsp3) is 0.812. The zero-order valence-corrected chi connectivity index (χ0v) is 13.8. The van der Waals surface area contributed by atoms with Gasteiger partial charge in [0.05, 0.1) is 6.20 Å². The van der Waals surface area contributed by atoms with Crippen LogP contribution in [-0.2, 0) is 13.5 Å². The number of aromatic nitrogens is 2. The van der Waals surface area contributed by atoms with E-state index in [9.17, 15) is 0 Å². The van der Waals surface area contributed by atoms with Gasteiger partial charge < -0.3 is 5.32 Å². The third-order valence-electron chi connectivity index (χ3n) is 4.18. The van der Waals surface area contributed by atoms with Crippen molar-refractivity contribution in [2.24, 2.45) is 13.0 Å². The van der Waals surface area contributed by atoms with Crippen molar-refractivity contribution in [1.82, 2.24) is 15.1 Å². The van der Waals surface area contributed by atoms with Gasteiger partial charge >= 0.3 is 0 Å². The Kier molecular flexibility index (Phi) is 6.94. The Morgan fingerprint density at radius 1 is 1.45 bits per heavy atom. The molecule has 4 heteroatoms. The lowest BCUT2D eigenvalue weighted by atomic mass is 9.91. The van der Waals surface area contributed by atoms with Gasteiger partial charge in [0, 0.05) is 19.3 Å².